The minimum atomic E-state index is 0.210. The third kappa shape index (κ3) is 1.76. The SMILES string of the molecule is N#Cc1cccc(OC2CNC2)n1. The number of rotatable bonds is 2. The monoisotopic (exact) mass is 175 g/mol. The number of ether oxygens (including phenoxy) is 1. The molecule has 1 aromatic heterocycles. The minimum Gasteiger partial charge on any atom is -0.472 e. The Morgan fingerprint density at radius 3 is 3.00 bits per heavy atom. The van der Waals surface area contributed by atoms with E-state index in [0.717, 1.165) is 13.1 Å². The summed E-state index contributed by atoms with van der Waals surface area (Å²) in [7, 11) is 0. The van der Waals surface area contributed by atoms with E-state index in [0.29, 0.717) is 11.6 Å². The van der Waals surface area contributed by atoms with E-state index in [4.69, 9.17) is 10.00 Å². The molecule has 4 nitrogen and oxygen atoms in total. The highest BCUT2D eigenvalue weighted by Gasteiger charge is 2.18. The molecule has 1 saturated heterocycles. The average molecular weight is 175 g/mol. The maximum absolute atomic E-state index is 8.59. The van der Waals surface area contributed by atoms with Gasteiger partial charge in [0.15, 0.2) is 0 Å². The van der Waals surface area contributed by atoms with Crippen LogP contribution in [0.15, 0.2) is 18.2 Å². The quantitative estimate of drug-likeness (QED) is 0.702. The standard InChI is InChI=1S/C9H9N3O/c10-4-7-2-1-3-9(12-7)13-8-5-11-6-8/h1-3,8,11H,5-6H2. The molecule has 0 aliphatic carbocycles. The van der Waals surface area contributed by atoms with Gasteiger partial charge in [-0.25, -0.2) is 4.98 Å². The first kappa shape index (κ1) is 8.02. The van der Waals surface area contributed by atoms with Crippen molar-refractivity contribution in [3.05, 3.63) is 23.9 Å². The molecular formula is C9H9N3O. The molecule has 2 rings (SSSR count). The molecule has 66 valence electrons. The van der Waals surface area contributed by atoms with E-state index in [-0.39, 0.29) is 6.10 Å². The molecule has 0 saturated carbocycles. The average Bonchev–Trinajstić information content (AvgIpc) is 2.12. The van der Waals surface area contributed by atoms with Crippen LogP contribution >= 0.6 is 0 Å². The van der Waals surface area contributed by atoms with Crippen molar-refractivity contribution in [2.75, 3.05) is 13.1 Å². The molecule has 0 unspecified atom stereocenters. The normalized spacial score (nSPS) is 15.9. The second-order valence-electron chi connectivity index (χ2n) is 2.87. The predicted octanol–water partition coefficient (Wildman–Crippen LogP) is 0.304. The van der Waals surface area contributed by atoms with E-state index in [1.807, 2.05) is 6.07 Å². The molecule has 1 aliphatic heterocycles. The zero-order valence-corrected chi connectivity index (χ0v) is 7.03. The van der Waals surface area contributed by atoms with Crippen molar-refractivity contribution in [3.63, 3.8) is 0 Å². The Balaban J connectivity index is 2.07. The molecule has 4 heteroatoms. The second-order valence-corrected chi connectivity index (χ2v) is 2.87. The van der Waals surface area contributed by atoms with Crippen molar-refractivity contribution in [2.45, 2.75) is 6.10 Å². The molecular weight excluding hydrogens is 166 g/mol. The number of pyridine rings is 1. The van der Waals surface area contributed by atoms with E-state index < -0.39 is 0 Å². The number of nitrogens with zero attached hydrogens (tertiary/aromatic N) is 2. The maximum atomic E-state index is 8.59. The number of hydrogen-bond donors (Lipinski definition) is 1. The van der Waals surface area contributed by atoms with E-state index in [9.17, 15) is 0 Å². The van der Waals surface area contributed by atoms with Gasteiger partial charge in [-0.3, -0.25) is 0 Å². The smallest absolute Gasteiger partial charge is 0.214 e. The van der Waals surface area contributed by atoms with Gasteiger partial charge in [0.05, 0.1) is 0 Å². The fraction of sp³-hybridized carbons (Fsp3) is 0.333. The largest absolute Gasteiger partial charge is 0.472 e. The Morgan fingerprint density at radius 1 is 1.54 bits per heavy atom. The number of hydrogen-bond acceptors (Lipinski definition) is 4. The van der Waals surface area contributed by atoms with Crippen molar-refractivity contribution >= 4 is 0 Å². The fourth-order valence-electron chi connectivity index (χ4n) is 1.06. The molecule has 1 aromatic rings. The van der Waals surface area contributed by atoms with Gasteiger partial charge in [0, 0.05) is 19.2 Å². The van der Waals surface area contributed by atoms with Crippen molar-refractivity contribution < 1.29 is 4.74 Å². The number of aromatic nitrogens is 1. The molecule has 0 amide bonds. The molecule has 13 heavy (non-hydrogen) atoms. The molecule has 1 fully saturated rings. The fourth-order valence-corrected chi connectivity index (χ4v) is 1.06. The van der Waals surface area contributed by atoms with Gasteiger partial charge in [-0.05, 0) is 6.07 Å². The van der Waals surface area contributed by atoms with Gasteiger partial charge in [0.1, 0.15) is 17.9 Å². The lowest BCUT2D eigenvalue weighted by Crippen LogP contribution is -2.50. The number of nitriles is 1. The molecule has 0 bridgehead atoms. The van der Waals surface area contributed by atoms with Gasteiger partial charge in [-0.2, -0.15) is 5.26 Å². The van der Waals surface area contributed by atoms with Gasteiger partial charge in [-0.1, -0.05) is 6.07 Å². The molecule has 1 N–H and O–H groups in total. The third-order valence-corrected chi connectivity index (χ3v) is 1.87. The summed E-state index contributed by atoms with van der Waals surface area (Å²) in [6, 6.07) is 7.16. The van der Waals surface area contributed by atoms with E-state index in [1.165, 1.54) is 0 Å². The summed E-state index contributed by atoms with van der Waals surface area (Å²) in [5.41, 5.74) is 0.393. The second kappa shape index (κ2) is 3.42. The third-order valence-electron chi connectivity index (χ3n) is 1.87. The highest BCUT2D eigenvalue weighted by atomic mass is 16.5. The molecule has 2 heterocycles. The summed E-state index contributed by atoms with van der Waals surface area (Å²) in [5, 5.41) is 11.7. The van der Waals surface area contributed by atoms with E-state index in [1.54, 1.807) is 18.2 Å². The summed E-state index contributed by atoms with van der Waals surface area (Å²) in [4.78, 5) is 4.00. The summed E-state index contributed by atoms with van der Waals surface area (Å²) < 4.78 is 5.47. The van der Waals surface area contributed by atoms with Gasteiger partial charge in [-0.15, -0.1) is 0 Å². The Hall–Kier alpha value is -1.60. The first-order valence-electron chi connectivity index (χ1n) is 4.13. The molecule has 0 atom stereocenters. The summed E-state index contributed by atoms with van der Waals surface area (Å²) in [5.74, 6) is 0.533. The zero-order chi connectivity index (χ0) is 9.10. The molecule has 1 aliphatic rings. The maximum Gasteiger partial charge on any atom is 0.214 e. The van der Waals surface area contributed by atoms with Gasteiger partial charge >= 0.3 is 0 Å². The molecule has 0 radical (unpaired) electrons. The van der Waals surface area contributed by atoms with Crippen LogP contribution in [-0.2, 0) is 0 Å². The highest BCUT2D eigenvalue weighted by molar-refractivity contribution is 5.24. The van der Waals surface area contributed by atoms with Crippen LogP contribution in [-0.4, -0.2) is 24.2 Å². The van der Waals surface area contributed by atoms with E-state index in [2.05, 4.69) is 10.3 Å². The number of nitrogens with one attached hydrogen (secondary N) is 1. The van der Waals surface area contributed by atoms with Crippen LogP contribution < -0.4 is 10.1 Å². The first-order valence-corrected chi connectivity index (χ1v) is 4.13. The Bertz CT molecular complexity index is 341. The van der Waals surface area contributed by atoms with Crippen LogP contribution in [0.4, 0.5) is 0 Å². The lowest BCUT2D eigenvalue weighted by molar-refractivity contribution is 0.136. The summed E-state index contributed by atoms with van der Waals surface area (Å²) >= 11 is 0. The van der Waals surface area contributed by atoms with Crippen LogP contribution in [0.25, 0.3) is 0 Å². The highest BCUT2D eigenvalue weighted by Crippen LogP contribution is 2.10. The Labute approximate surface area is 76.2 Å². The summed E-state index contributed by atoms with van der Waals surface area (Å²) in [6.45, 7) is 1.72. The Morgan fingerprint density at radius 2 is 2.38 bits per heavy atom. The topological polar surface area (TPSA) is 57.9 Å². The summed E-state index contributed by atoms with van der Waals surface area (Å²) in [6.07, 6.45) is 0.210. The van der Waals surface area contributed by atoms with Crippen molar-refractivity contribution in [1.82, 2.24) is 10.3 Å². The van der Waals surface area contributed by atoms with Crippen LogP contribution in [0.2, 0.25) is 0 Å². The van der Waals surface area contributed by atoms with Crippen LogP contribution in [0.5, 0.6) is 5.88 Å². The predicted molar refractivity (Wildman–Crippen MR) is 46.2 cm³/mol. The van der Waals surface area contributed by atoms with Gasteiger partial charge < -0.3 is 10.1 Å². The van der Waals surface area contributed by atoms with Crippen LogP contribution in [0, 0.1) is 11.3 Å². The van der Waals surface area contributed by atoms with Crippen LogP contribution in [0.1, 0.15) is 5.69 Å². The first-order chi connectivity index (χ1) is 6.38. The van der Waals surface area contributed by atoms with Crippen molar-refractivity contribution in [1.29, 1.82) is 5.26 Å². The lowest BCUT2D eigenvalue weighted by Gasteiger charge is -2.27. The van der Waals surface area contributed by atoms with Gasteiger partial charge in [0.2, 0.25) is 5.88 Å². The van der Waals surface area contributed by atoms with Crippen LogP contribution in [0.3, 0.4) is 0 Å². The van der Waals surface area contributed by atoms with Gasteiger partial charge in [0.25, 0.3) is 0 Å². The minimum absolute atomic E-state index is 0.210. The lowest BCUT2D eigenvalue weighted by atomic mass is 10.2. The van der Waals surface area contributed by atoms with E-state index >= 15 is 0 Å². The molecule has 0 spiro atoms. The van der Waals surface area contributed by atoms with Crippen molar-refractivity contribution in [3.8, 4) is 11.9 Å². The zero-order valence-electron chi connectivity index (χ0n) is 7.03. The Kier molecular flexibility index (Phi) is 2.11. The molecule has 0 aromatic carbocycles. The van der Waals surface area contributed by atoms with Crippen molar-refractivity contribution in [2.24, 2.45) is 0 Å².